The summed E-state index contributed by atoms with van der Waals surface area (Å²) in [6, 6.07) is 6.21. The van der Waals surface area contributed by atoms with E-state index in [-0.39, 0.29) is 5.78 Å². The molecule has 2 rings (SSSR count). The second kappa shape index (κ2) is 5.17. The standard InChI is InChI=1S/C11H4Cl4OS/c12-5-1-2-8(13)6(3-5)10(16)7-4-9(14)17-11(7)15/h1-4H. The lowest BCUT2D eigenvalue weighted by Gasteiger charge is -2.02. The molecular weight excluding hydrogens is 322 g/mol. The summed E-state index contributed by atoms with van der Waals surface area (Å²) in [5.41, 5.74) is 0.654. The van der Waals surface area contributed by atoms with Crippen LogP contribution in [0.4, 0.5) is 0 Å². The van der Waals surface area contributed by atoms with Crippen molar-refractivity contribution in [2.24, 2.45) is 0 Å². The van der Waals surface area contributed by atoms with Crippen molar-refractivity contribution in [3.63, 3.8) is 0 Å². The third-order valence-corrected chi connectivity index (χ3v) is 4.13. The van der Waals surface area contributed by atoms with Crippen LogP contribution in [0.25, 0.3) is 0 Å². The van der Waals surface area contributed by atoms with E-state index >= 15 is 0 Å². The summed E-state index contributed by atoms with van der Waals surface area (Å²) in [6.07, 6.45) is 0. The quantitative estimate of drug-likeness (QED) is 0.657. The Bertz CT molecular complexity index is 591. The van der Waals surface area contributed by atoms with E-state index in [2.05, 4.69) is 0 Å². The number of ketones is 1. The maximum atomic E-state index is 12.2. The number of hydrogen-bond acceptors (Lipinski definition) is 2. The van der Waals surface area contributed by atoms with Gasteiger partial charge in [-0.3, -0.25) is 4.79 Å². The molecule has 2 aromatic rings. The van der Waals surface area contributed by atoms with Crippen LogP contribution in [-0.4, -0.2) is 5.78 Å². The zero-order valence-corrected chi connectivity index (χ0v) is 12.0. The number of hydrogen-bond donors (Lipinski definition) is 0. The molecule has 1 nitrogen and oxygen atoms in total. The lowest BCUT2D eigenvalue weighted by atomic mass is 10.1. The average molecular weight is 326 g/mol. The van der Waals surface area contributed by atoms with Crippen LogP contribution in [0, 0.1) is 0 Å². The molecule has 0 aliphatic carbocycles. The topological polar surface area (TPSA) is 17.1 Å². The van der Waals surface area contributed by atoms with Gasteiger partial charge in [-0.15, -0.1) is 11.3 Å². The van der Waals surface area contributed by atoms with Crippen molar-refractivity contribution in [3.8, 4) is 0 Å². The van der Waals surface area contributed by atoms with Gasteiger partial charge in [-0.2, -0.15) is 0 Å². The van der Waals surface area contributed by atoms with Gasteiger partial charge < -0.3 is 0 Å². The molecule has 6 heteroatoms. The molecular formula is C11H4Cl4OS. The Hall–Kier alpha value is -0.250. The maximum Gasteiger partial charge on any atom is 0.196 e. The SMILES string of the molecule is O=C(c1cc(Cl)ccc1Cl)c1cc(Cl)sc1Cl. The van der Waals surface area contributed by atoms with Gasteiger partial charge in [0.2, 0.25) is 0 Å². The number of halogens is 4. The summed E-state index contributed by atoms with van der Waals surface area (Å²) in [5.74, 6) is -0.286. The number of carbonyl (C=O) groups is 1. The van der Waals surface area contributed by atoms with Gasteiger partial charge >= 0.3 is 0 Å². The summed E-state index contributed by atoms with van der Waals surface area (Å²) in [4.78, 5) is 12.2. The third-order valence-electron chi connectivity index (χ3n) is 2.07. The number of carbonyl (C=O) groups excluding carboxylic acids is 1. The highest BCUT2D eigenvalue weighted by Crippen LogP contribution is 2.34. The number of thiophene rings is 1. The Kier molecular flexibility index (Phi) is 4.01. The lowest BCUT2D eigenvalue weighted by molar-refractivity contribution is 0.103. The van der Waals surface area contributed by atoms with Crippen LogP contribution in [0.3, 0.4) is 0 Å². The first-order chi connectivity index (χ1) is 7.99. The fourth-order valence-corrected chi connectivity index (χ4v) is 3.15. The number of benzene rings is 1. The highest BCUT2D eigenvalue weighted by molar-refractivity contribution is 7.20. The maximum absolute atomic E-state index is 12.2. The lowest BCUT2D eigenvalue weighted by Crippen LogP contribution is -2.01. The van der Waals surface area contributed by atoms with E-state index in [0.717, 1.165) is 11.3 Å². The zero-order chi connectivity index (χ0) is 12.6. The highest BCUT2D eigenvalue weighted by Gasteiger charge is 2.18. The first-order valence-electron chi connectivity index (χ1n) is 4.43. The molecule has 0 radical (unpaired) electrons. The van der Waals surface area contributed by atoms with E-state index in [4.69, 9.17) is 46.4 Å². The van der Waals surface area contributed by atoms with E-state index in [1.165, 1.54) is 12.1 Å². The van der Waals surface area contributed by atoms with Crippen LogP contribution in [-0.2, 0) is 0 Å². The molecule has 0 unspecified atom stereocenters. The molecule has 0 amide bonds. The molecule has 0 saturated heterocycles. The molecule has 0 aliphatic heterocycles. The van der Waals surface area contributed by atoms with Gasteiger partial charge in [-0.1, -0.05) is 46.4 Å². The van der Waals surface area contributed by atoms with Gasteiger partial charge in [-0.25, -0.2) is 0 Å². The molecule has 0 atom stereocenters. The fourth-order valence-electron chi connectivity index (χ4n) is 1.31. The van der Waals surface area contributed by atoms with Gasteiger partial charge in [-0.05, 0) is 24.3 Å². The molecule has 0 saturated carbocycles. The largest absolute Gasteiger partial charge is 0.288 e. The minimum Gasteiger partial charge on any atom is -0.288 e. The summed E-state index contributed by atoms with van der Waals surface area (Å²) in [7, 11) is 0. The van der Waals surface area contributed by atoms with Crippen molar-refractivity contribution >= 4 is 63.5 Å². The second-order valence-electron chi connectivity index (χ2n) is 3.19. The van der Waals surface area contributed by atoms with Crippen LogP contribution in [0.1, 0.15) is 15.9 Å². The van der Waals surface area contributed by atoms with E-state index in [9.17, 15) is 4.79 Å². The average Bonchev–Trinajstić information content (AvgIpc) is 2.60. The number of rotatable bonds is 2. The molecule has 1 heterocycles. The van der Waals surface area contributed by atoms with Crippen LogP contribution >= 0.6 is 57.7 Å². The van der Waals surface area contributed by atoms with Gasteiger partial charge in [0.25, 0.3) is 0 Å². The van der Waals surface area contributed by atoms with Gasteiger partial charge in [0.15, 0.2) is 5.78 Å². The molecule has 0 fully saturated rings. The minimum atomic E-state index is -0.286. The Morgan fingerprint density at radius 3 is 2.29 bits per heavy atom. The zero-order valence-electron chi connectivity index (χ0n) is 8.14. The van der Waals surface area contributed by atoms with Crippen LogP contribution in [0.5, 0.6) is 0 Å². The molecule has 0 spiro atoms. The van der Waals surface area contributed by atoms with Crippen molar-refractivity contribution in [2.45, 2.75) is 0 Å². The molecule has 0 aliphatic rings. The Morgan fingerprint density at radius 1 is 1.00 bits per heavy atom. The summed E-state index contributed by atoms with van der Waals surface area (Å²) in [5, 5.41) is 0.771. The van der Waals surface area contributed by atoms with Crippen molar-refractivity contribution in [3.05, 3.63) is 54.1 Å². The predicted octanol–water partition coefficient (Wildman–Crippen LogP) is 5.59. The van der Waals surface area contributed by atoms with Crippen LogP contribution < -0.4 is 0 Å². The predicted molar refractivity (Wildman–Crippen MR) is 74.2 cm³/mol. The van der Waals surface area contributed by atoms with Crippen LogP contribution in [0.15, 0.2) is 24.3 Å². The summed E-state index contributed by atoms with van der Waals surface area (Å²) in [6.45, 7) is 0. The summed E-state index contributed by atoms with van der Waals surface area (Å²) < 4.78 is 0.799. The van der Waals surface area contributed by atoms with Crippen molar-refractivity contribution in [2.75, 3.05) is 0 Å². The Labute approximate surface area is 122 Å². The molecule has 0 N–H and O–H groups in total. The van der Waals surface area contributed by atoms with Crippen LogP contribution in [0.2, 0.25) is 18.7 Å². The Balaban J connectivity index is 2.50. The van der Waals surface area contributed by atoms with Crippen molar-refractivity contribution < 1.29 is 4.79 Å². The van der Waals surface area contributed by atoms with Gasteiger partial charge in [0, 0.05) is 10.6 Å². The Morgan fingerprint density at radius 2 is 1.71 bits per heavy atom. The monoisotopic (exact) mass is 324 g/mol. The van der Waals surface area contributed by atoms with Gasteiger partial charge in [0.1, 0.15) is 4.34 Å². The van der Waals surface area contributed by atoms with E-state index in [0.29, 0.717) is 29.8 Å². The van der Waals surface area contributed by atoms with E-state index < -0.39 is 0 Å². The van der Waals surface area contributed by atoms with E-state index in [1.54, 1.807) is 12.1 Å². The first-order valence-corrected chi connectivity index (χ1v) is 6.76. The van der Waals surface area contributed by atoms with E-state index in [1.807, 2.05) is 0 Å². The smallest absolute Gasteiger partial charge is 0.196 e. The fraction of sp³-hybridized carbons (Fsp3) is 0. The first kappa shape index (κ1) is 13.2. The van der Waals surface area contributed by atoms with Crippen molar-refractivity contribution in [1.82, 2.24) is 0 Å². The minimum absolute atomic E-state index is 0.286. The molecule has 88 valence electrons. The summed E-state index contributed by atoms with van der Waals surface area (Å²) >= 11 is 24.6. The molecule has 1 aromatic carbocycles. The molecule has 17 heavy (non-hydrogen) atoms. The van der Waals surface area contributed by atoms with Gasteiger partial charge in [0.05, 0.1) is 14.9 Å². The normalized spacial score (nSPS) is 10.6. The van der Waals surface area contributed by atoms with Crippen molar-refractivity contribution in [1.29, 1.82) is 0 Å². The third kappa shape index (κ3) is 2.78. The molecule has 0 bridgehead atoms. The second-order valence-corrected chi connectivity index (χ2v) is 6.32. The molecule has 1 aromatic heterocycles. The highest BCUT2D eigenvalue weighted by atomic mass is 35.5.